The number of imidazole rings is 1. The summed E-state index contributed by atoms with van der Waals surface area (Å²) in [6, 6.07) is 6.71. The first-order valence-electron chi connectivity index (χ1n) is 5.91. The molecule has 0 bridgehead atoms. The van der Waals surface area contributed by atoms with Gasteiger partial charge in [-0.2, -0.15) is 0 Å². The SMILES string of the molecule is Cn1cncc1-c1nc(-c2ccc(C(=O)O)cc2)cs1. The van der Waals surface area contributed by atoms with Gasteiger partial charge in [-0.05, 0) is 12.1 Å². The molecule has 6 heteroatoms. The maximum Gasteiger partial charge on any atom is 0.335 e. The van der Waals surface area contributed by atoms with Gasteiger partial charge in [-0.15, -0.1) is 11.3 Å². The van der Waals surface area contributed by atoms with Gasteiger partial charge in [0, 0.05) is 18.0 Å². The summed E-state index contributed by atoms with van der Waals surface area (Å²) < 4.78 is 1.91. The van der Waals surface area contributed by atoms with Gasteiger partial charge in [0.15, 0.2) is 0 Å². The zero-order valence-corrected chi connectivity index (χ0v) is 11.5. The molecule has 100 valence electrons. The number of hydrogen-bond acceptors (Lipinski definition) is 4. The van der Waals surface area contributed by atoms with Crippen LogP contribution in [0.25, 0.3) is 22.0 Å². The van der Waals surface area contributed by atoms with Gasteiger partial charge in [-0.3, -0.25) is 0 Å². The summed E-state index contributed by atoms with van der Waals surface area (Å²) in [6.07, 6.45) is 3.51. The molecule has 2 heterocycles. The summed E-state index contributed by atoms with van der Waals surface area (Å²) >= 11 is 1.54. The molecular weight excluding hydrogens is 274 g/mol. The smallest absolute Gasteiger partial charge is 0.335 e. The van der Waals surface area contributed by atoms with Crippen LogP contribution < -0.4 is 0 Å². The minimum Gasteiger partial charge on any atom is -0.478 e. The molecule has 0 radical (unpaired) electrons. The number of rotatable bonds is 3. The maximum absolute atomic E-state index is 10.8. The first kappa shape index (κ1) is 12.6. The van der Waals surface area contributed by atoms with Gasteiger partial charge in [0.1, 0.15) is 5.01 Å². The number of aromatic carboxylic acids is 1. The lowest BCUT2D eigenvalue weighted by Crippen LogP contribution is -1.95. The van der Waals surface area contributed by atoms with Crippen LogP contribution in [0, 0.1) is 0 Å². The minimum absolute atomic E-state index is 0.274. The molecule has 0 aliphatic carbocycles. The quantitative estimate of drug-likeness (QED) is 0.803. The summed E-state index contributed by atoms with van der Waals surface area (Å²) in [5, 5.41) is 11.7. The van der Waals surface area contributed by atoms with Crippen LogP contribution in [0.1, 0.15) is 10.4 Å². The van der Waals surface area contributed by atoms with E-state index in [2.05, 4.69) is 9.97 Å². The number of aromatic nitrogens is 3. The van der Waals surface area contributed by atoms with Crippen molar-refractivity contribution in [3.8, 4) is 22.0 Å². The maximum atomic E-state index is 10.8. The van der Waals surface area contributed by atoms with Crippen LogP contribution in [-0.4, -0.2) is 25.6 Å². The Balaban J connectivity index is 1.94. The molecule has 0 saturated heterocycles. The third-order valence-corrected chi connectivity index (χ3v) is 3.83. The molecule has 3 rings (SSSR count). The lowest BCUT2D eigenvalue weighted by molar-refractivity contribution is 0.0697. The topological polar surface area (TPSA) is 68.0 Å². The molecule has 1 N–H and O–H groups in total. The highest BCUT2D eigenvalue weighted by Gasteiger charge is 2.10. The highest BCUT2D eigenvalue weighted by molar-refractivity contribution is 7.13. The number of thiazole rings is 1. The summed E-state index contributed by atoms with van der Waals surface area (Å²) in [5.41, 5.74) is 2.97. The Kier molecular flexibility index (Phi) is 3.08. The van der Waals surface area contributed by atoms with Crippen molar-refractivity contribution in [2.75, 3.05) is 0 Å². The number of hydrogen-bond donors (Lipinski definition) is 1. The molecule has 0 saturated carbocycles. The average Bonchev–Trinajstić information content (AvgIpc) is 3.07. The Bertz CT molecular complexity index is 759. The molecule has 1 aromatic carbocycles. The molecular formula is C14H11N3O2S. The van der Waals surface area contributed by atoms with Crippen molar-refractivity contribution in [2.45, 2.75) is 0 Å². The van der Waals surface area contributed by atoms with E-state index in [1.54, 1.807) is 36.8 Å². The fraction of sp³-hybridized carbons (Fsp3) is 0.0714. The van der Waals surface area contributed by atoms with Crippen LogP contribution in [0.4, 0.5) is 0 Å². The second-order valence-corrected chi connectivity index (χ2v) is 5.17. The van der Waals surface area contributed by atoms with E-state index < -0.39 is 5.97 Å². The van der Waals surface area contributed by atoms with Crippen LogP contribution in [-0.2, 0) is 7.05 Å². The predicted octanol–water partition coefficient (Wildman–Crippen LogP) is 2.91. The van der Waals surface area contributed by atoms with Crippen LogP contribution in [0.5, 0.6) is 0 Å². The van der Waals surface area contributed by atoms with Crippen molar-refractivity contribution < 1.29 is 9.90 Å². The van der Waals surface area contributed by atoms with Crippen LogP contribution in [0.2, 0.25) is 0 Å². The number of carboxylic acid groups (broad SMARTS) is 1. The third-order valence-electron chi connectivity index (χ3n) is 2.97. The van der Waals surface area contributed by atoms with Gasteiger partial charge >= 0.3 is 5.97 Å². The van der Waals surface area contributed by atoms with E-state index in [1.807, 2.05) is 17.0 Å². The molecule has 20 heavy (non-hydrogen) atoms. The van der Waals surface area contributed by atoms with Crippen LogP contribution in [0.3, 0.4) is 0 Å². The number of benzene rings is 1. The Labute approximate surface area is 119 Å². The Morgan fingerprint density at radius 1 is 1.30 bits per heavy atom. The van der Waals surface area contributed by atoms with E-state index in [4.69, 9.17) is 5.11 Å². The van der Waals surface area contributed by atoms with E-state index in [9.17, 15) is 4.79 Å². The normalized spacial score (nSPS) is 10.7. The molecule has 0 atom stereocenters. The Morgan fingerprint density at radius 3 is 2.65 bits per heavy atom. The molecule has 0 amide bonds. The summed E-state index contributed by atoms with van der Waals surface area (Å²) in [4.78, 5) is 19.5. The number of aryl methyl sites for hydroxylation is 1. The zero-order chi connectivity index (χ0) is 14.1. The van der Waals surface area contributed by atoms with Gasteiger partial charge in [-0.25, -0.2) is 14.8 Å². The number of carbonyl (C=O) groups is 1. The van der Waals surface area contributed by atoms with E-state index in [0.29, 0.717) is 0 Å². The van der Waals surface area contributed by atoms with Gasteiger partial charge in [0.05, 0.1) is 29.5 Å². The van der Waals surface area contributed by atoms with Gasteiger partial charge in [0.25, 0.3) is 0 Å². The van der Waals surface area contributed by atoms with Crippen molar-refractivity contribution in [2.24, 2.45) is 7.05 Å². The minimum atomic E-state index is -0.926. The molecule has 0 fully saturated rings. The van der Waals surface area contributed by atoms with E-state index in [-0.39, 0.29) is 5.56 Å². The molecule has 3 aromatic rings. The molecule has 5 nitrogen and oxygen atoms in total. The summed E-state index contributed by atoms with van der Waals surface area (Å²) in [5.74, 6) is -0.926. The fourth-order valence-electron chi connectivity index (χ4n) is 1.87. The average molecular weight is 285 g/mol. The second kappa shape index (κ2) is 4.90. The second-order valence-electron chi connectivity index (χ2n) is 4.31. The molecule has 0 unspecified atom stereocenters. The predicted molar refractivity (Wildman–Crippen MR) is 76.7 cm³/mol. The summed E-state index contributed by atoms with van der Waals surface area (Å²) in [6.45, 7) is 0. The monoisotopic (exact) mass is 285 g/mol. The van der Waals surface area contributed by atoms with E-state index >= 15 is 0 Å². The lowest BCUT2D eigenvalue weighted by Gasteiger charge is -1.98. The van der Waals surface area contributed by atoms with Crippen molar-refractivity contribution in [1.29, 1.82) is 0 Å². The van der Waals surface area contributed by atoms with Crippen molar-refractivity contribution in [1.82, 2.24) is 14.5 Å². The molecule has 0 aliphatic heterocycles. The first-order chi connectivity index (χ1) is 9.65. The van der Waals surface area contributed by atoms with Crippen molar-refractivity contribution in [3.05, 3.63) is 47.7 Å². The largest absolute Gasteiger partial charge is 0.478 e. The first-order valence-corrected chi connectivity index (χ1v) is 6.79. The Morgan fingerprint density at radius 2 is 2.05 bits per heavy atom. The van der Waals surface area contributed by atoms with Gasteiger partial charge in [0.2, 0.25) is 0 Å². The van der Waals surface area contributed by atoms with Crippen molar-refractivity contribution in [3.63, 3.8) is 0 Å². The highest BCUT2D eigenvalue weighted by Crippen LogP contribution is 2.28. The Hall–Kier alpha value is -2.47. The molecule has 0 aliphatic rings. The molecule has 2 aromatic heterocycles. The number of carboxylic acids is 1. The fourth-order valence-corrected chi connectivity index (χ4v) is 2.75. The zero-order valence-electron chi connectivity index (χ0n) is 10.6. The molecule has 0 spiro atoms. The lowest BCUT2D eigenvalue weighted by atomic mass is 10.1. The van der Waals surface area contributed by atoms with Gasteiger partial charge in [-0.1, -0.05) is 12.1 Å². The summed E-state index contributed by atoms with van der Waals surface area (Å²) in [7, 11) is 1.92. The standard InChI is InChI=1S/C14H11N3O2S/c1-17-8-15-6-12(17)13-16-11(7-20-13)9-2-4-10(5-3-9)14(18)19/h2-8H,1H3,(H,18,19). The van der Waals surface area contributed by atoms with Gasteiger partial charge < -0.3 is 9.67 Å². The van der Waals surface area contributed by atoms with Crippen LogP contribution in [0.15, 0.2) is 42.2 Å². The number of nitrogens with zero attached hydrogens (tertiary/aromatic N) is 3. The highest BCUT2D eigenvalue weighted by atomic mass is 32.1. The van der Waals surface area contributed by atoms with Crippen LogP contribution >= 0.6 is 11.3 Å². The third kappa shape index (κ3) is 2.21. The van der Waals surface area contributed by atoms with Crippen molar-refractivity contribution >= 4 is 17.3 Å². The van der Waals surface area contributed by atoms with E-state index in [0.717, 1.165) is 22.0 Å². The van der Waals surface area contributed by atoms with E-state index in [1.165, 1.54) is 11.3 Å².